The lowest BCUT2D eigenvalue weighted by atomic mass is 10.2. The molecular formula is C17H15ClN4O3S. The first kappa shape index (κ1) is 17.0. The summed E-state index contributed by atoms with van der Waals surface area (Å²) in [6, 6.07) is 11.5. The van der Waals surface area contributed by atoms with Gasteiger partial charge in [0.05, 0.1) is 16.1 Å². The molecule has 134 valence electrons. The van der Waals surface area contributed by atoms with Crippen LogP contribution in [0.25, 0.3) is 11.0 Å². The topological polar surface area (TPSA) is 93.1 Å². The molecule has 2 aromatic carbocycles. The third kappa shape index (κ3) is 3.31. The van der Waals surface area contributed by atoms with Crippen LogP contribution in [-0.2, 0) is 10.0 Å². The molecule has 0 spiro atoms. The molecule has 26 heavy (non-hydrogen) atoms. The van der Waals surface area contributed by atoms with Gasteiger partial charge in [-0.2, -0.15) is 0 Å². The lowest BCUT2D eigenvalue weighted by molar-refractivity contribution is 0.101. The number of benzene rings is 2. The third-order valence-corrected chi connectivity index (χ3v) is 6.06. The summed E-state index contributed by atoms with van der Waals surface area (Å²) in [5.41, 5.74) is 4.34. The van der Waals surface area contributed by atoms with Crippen LogP contribution in [0.4, 0.5) is 0 Å². The second kappa shape index (κ2) is 6.39. The van der Waals surface area contributed by atoms with E-state index in [9.17, 15) is 13.2 Å². The summed E-state index contributed by atoms with van der Waals surface area (Å²) in [5.74, 6) is -0.465. The molecular weight excluding hydrogens is 376 g/mol. The van der Waals surface area contributed by atoms with Gasteiger partial charge in [0, 0.05) is 11.6 Å². The Morgan fingerprint density at radius 2 is 1.96 bits per heavy atom. The van der Waals surface area contributed by atoms with E-state index in [-0.39, 0.29) is 21.5 Å². The van der Waals surface area contributed by atoms with E-state index in [4.69, 9.17) is 11.6 Å². The van der Waals surface area contributed by atoms with Crippen molar-refractivity contribution in [2.45, 2.75) is 23.8 Å². The summed E-state index contributed by atoms with van der Waals surface area (Å²) in [5, 5.41) is 0.0720. The largest absolute Gasteiger partial charge is 0.270 e. The normalized spacial score (nSPS) is 14.5. The number of nitrogens with one attached hydrogen (secondary N) is 2. The lowest BCUT2D eigenvalue weighted by Gasteiger charge is -2.11. The Morgan fingerprint density at radius 1 is 1.19 bits per heavy atom. The minimum atomic E-state index is -3.76. The first-order valence-electron chi connectivity index (χ1n) is 7.99. The molecule has 0 saturated heterocycles. The average Bonchev–Trinajstić information content (AvgIpc) is 3.33. The van der Waals surface area contributed by atoms with E-state index >= 15 is 0 Å². The van der Waals surface area contributed by atoms with Crippen molar-refractivity contribution >= 4 is 38.6 Å². The van der Waals surface area contributed by atoms with Crippen molar-refractivity contribution in [3.8, 4) is 0 Å². The van der Waals surface area contributed by atoms with Crippen LogP contribution in [0.3, 0.4) is 0 Å². The number of aromatic nitrogens is 2. The molecule has 1 amide bonds. The monoisotopic (exact) mass is 390 g/mol. The molecule has 1 fully saturated rings. The Morgan fingerprint density at radius 3 is 2.73 bits per heavy atom. The van der Waals surface area contributed by atoms with Gasteiger partial charge in [-0.15, -0.1) is 0 Å². The molecule has 3 aromatic rings. The second-order valence-electron chi connectivity index (χ2n) is 6.08. The molecule has 9 heteroatoms. The smallest absolute Gasteiger partial charge is 0.267 e. The number of rotatable bonds is 5. The number of fused-ring (bicyclic) bond motifs is 1. The summed E-state index contributed by atoms with van der Waals surface area (Å²) >= 11 is 6.04. The molecule has 1 heterocycles. The van der Waals surface area contributed by atoms with Crippen LogP contribution in [0, 0.1) is 0 Å². The molecule has 0 atom stereocenters. The number of hydrogen-bond donors (Lipinski definition) is 2. The molecule has 0 radical (unpaired) electrons. The van der Waals surface area contributed by atoms with Gasteiger partial charge in [0.15, 0.2) is 0 Å². The van der Waals surface area contributed by atoms with Crippen LogP contribution in [-0.4, -0.2) is 30.0 Å². The van der Waals surface area contributed by atoms with E-state index in [1.165, 1.54) is 29.2 Å². The number of carbonyl (C=O) groups is 1. The van der Waals surface area contributed by atoms with Crippen molar-refractivity contribution < 1.29 is 13.2 Å². The molecule has 7 nitrogen and oxygen atoms in total. The van der Waals surface area contributed by atoms with Gasteiger partial charge in [0.25, 0.3) is 5.91 Å². The highest BCUT2D eigenvalue weighted by Gasteiger charge is 2.29. The number of nitrogens with zero attached hydrogens (tertiary/aromatic N) is 2. The zero-order chi connectivity index (χ0) is 18.3. The van der Waals surface area contributed by atoms with Gasteiger partial charge in [-0.25, -0.2) is 22.8 Å². The average molecular weight is 391 g/mol. The first-order valence-corrected chi connectivity index (χ1v) is 9.85. The standard InChI is InChI=1S/C17H15ClN4O3S/c18-13-8-5-11(9-16(13)26(24,25)21-12-6-7-12)17(23)20-22-10-19-14-3-1-2-4-15(14)22/h1-5,8-10,12,21H,6-7H2,(H,20,23). The van der Waals surface area contributed by atoms with Crippen LogP contribution < -0.4 is 10.1 Å². The minimum absolute atomic E-state index is 0.0501. The molecule has 0 unspecified atom stereocenters. The Hall–Kier alpha value is -2.42. The van der Waals surface area contributed by atoms with Gasteiger partial charge in [-0.3, -0.25) is 10.2 Å². The van der Waals surface area contributed by atoms with E-state index in [2.05, 4.69) is 15.1 Å². The zero-order valence-electron chi connectivity index (χ0n) is 13.5. The highest BCUT2D eigenvalue weighted by atomic mass is 35.5. The highest BCUT2D eigenvalue weighted by molar-refractivity contribution is 7.89. The SMILES string of the molecule is O=C(Nn1cnc2ccccc21)c1ccc(Cl)c(S(=O)(=O)NC2CC2)c1. The van der Waals surface area contributed by atoms with Gasteiger partial charge in [0.2, 0.25) is 10.0 Å². The van der Waals surface area contributed by atoms with Gasteiger partial charge in [0.1, 0.15) is 11.2 Å². The van der Waals surface area contributed by atoms with Crippen LogP contribution in [0.1, 0.15) is 23.2 Å². The first-order chi connectivity index (χ1) is 12.4. The fourth-order valence-corrected chi connectivity index (χ4v) is 4.39. The molecule has 1 aliphatic rings. The number of carbonyl (C=O) groups excluding carboxylic acids is 1. The maximum atomic E-state index is 12.6. The van der Waals surface area contributed by atoms with Crippen LogP contribution in [0.2, 0.25) is 5.02 Å². The molecule has 1 aliphatic carbocycles. The van der Waals surface area contributed by atoms with Gasteiger partial charge in [-0.1, -0.05) is 23.7 Å². The van der Waals surface area contributed by atoms with Gasteiger partial charge >= 0.3 is 0 Å². The number of halogens is 1. The summed E-state index contributed by atoms with van der Waals surface area (Å²) in [4.78, 5) is 16.7. The summed E-state index contributed by atoms with van der Waals surface area (Å²) in [7, 11) is -3.76. The van der Waals surface area contributed by atoms with Crippen molar-refractivity contribution in [2.24, 2.45) is 0 Å². The van der Waals surface area contributed by atoms with Crippen molar-refractivity contribution in [3.05, 3.63) is 59.4 Å². The maximum absolute atomic E-state index is 12.6. The Bertz CT molecular complexity index is 1110. The van der Waals surface area contributed by atoms with Gasteiger partial charge < -0.3 is 0 Å². The molecule has 4 rings (SSSR count). The number of imidazole rings is 1. The van der Waals surface area contributed by atoms with Gasteiger partial charge in [-0.05, 0) is 43.2 Å². The van der Waals surface area contributed by atoms with Crippen LogP contribution in [0.5, 0.6) is 0 Å². The Balaban J connectivity index is 1.63. The number of amides is 1. The summed E-state index contributed by atoms with van der Waals surface area (Å²) < 4.78 is 28.9. The maximum Gasteiger partial charge on any atom is 0.270 e. The van der Waals surface area contributed by atoms with E-state index in [1.807, 2.05) is 24.3 Å². The number of para-hydroxylation sites is 2. The second-order valence-corrected chi connectivity index (χ2v) is 8.17. The van der Waals surface area contributed by atoms with E-state index in [0.717, 1.165) is 23.9 Å². The summed E-state index contributed by atoms with van der Waals surface area (Å²) in [6.07, 6.45) is 3.11. The van der Waals surface area contributed by atoms with Crippen LogP contribution in [0.15, 0.2) is 53.7 Å². The summed E-state index contributed by atoms with van der Waals surface area (Å²) in [6.45, 7) is 0. The zero-order valence-corrected chi connectivity index (χ0v) is 15.1. The lowest BCUT2D eigenvalue weighted by Crippen LogP contribution is -2.27. The van der Waals surface area contributed by atoms with Crippen molar-refractivity contribution in [3.63, 3.8) is 0 Å². The van der Waals surface area contributed by atoms with E-state index < -0.39 is 15.9 Å². The minimum Gasteiger partial charge on any atom is -0.267 e. The van der Waals surface area contributed by atoms with E-state index in [1.54, 1.807) is 0 Å². The van der Waals surface area contributed by atoms with E-state index in [0.29, 0.717) is 0 Å². The molecule has 0 aliphatic heterocycles. The quantitative estimate of drug-likeness (QED) is 0.700. The van der Waals surface area contributed by atoms with Crippen LogP contribution >= 0.6 is 11.6 Å². The Kier molecular flexibility index (Phi) is 4.18. The molecule has 2 N–H and O–H groups in total. The fourth-order valence-electron chi connectivity index (χ4n) is 2.56. The third-order valence-electron chi connectivity index (χ3n) is 4.06. The predicted octanol–water partition coefficient (Wildman–Crippen LogP) is 2.51. The number of hydrogen-bond acceptors (Lipinski definition) is 4. The van der Waals surface area contributed by atoms with Crippen molar-refractivity contribution in [2.75, 3.05) is 5.43 Å². The molecule has 1 aromatic heterocycles. The number of sulfonamides is 1. The van der Waals surface area contributed by atoms with Crippen molar-refractivity contribution in [1.29, 1.82) is 0 Å². The highest BCUT2D eigenvalue weighted by Crippen LogP contribution is 2.27. The Labute approximate surface area is 155 Å². The van der Waals surface area contributed by atoms with Crippen molar-refractivity contribution in [1.82, 2.24) is 14.4 Å². The predicted molar refractivity (Wildman–Crippen MR) is 98.2 cm³/mol. The fraction of sp³-hybridized carbons (Fsp3) is 0.176. The molecule has 0 bridgehead atoms. The molecule has 1 saturated carbocycles.